The van der Waals surface area contributed by atoms with Crippen molar-refractivity contribution in [3.05, 3.63) is 107 Å². The van der Waals surface area contributed by atoms with Crippen molar-refractivity contribution < 1.29 is 18.6 Å². The Labute approximate surface area is 235 Å². The number of hydrogen-bond donors (Lipinski definition) is 0. The molecule has 3 unspecified atom stereocenters. The first-order valence-corrected chi connectivity index (χ1v) is 16.4. The third-order valence-electron chi connectivity index (χ3n) is 7.53. The van der Waals surface area contributed by atoms with Crippen LogP contribution in [0.1, 0.15) is 32.6 Å². The Morgan fingerprint density at radius 1 is 0.897 bits per heavy atom. The lowest BCUT2D eigenvalue weighted by molar-refractivity contribution is -0.303. The summed E-state index contributed by atoms with van der Waals surface area (Å²) in [6.07, 6.45) is -0.0279. The summed E-state index contributed by atoms with van der Waals surface area (Å²) in [5.74, 6) is 0. The SMILES string of the molecule is CS[C@@H]1OC2COC(c3ccccc3)O[C@@H]2[C@H](O[Si](c2ccccc2)(c2ccccc2)C(C)(C)C)C1N=[N+]=[N-]. The monoisotopic (exact) mass is 561 g/mol. The minimum absolute atomic E-state index is 0.261. The van der Waals surface area contributed by atoms with Crippen molar-refractivity contribution in [1.82, 2.24) is 0 Å². The molecular weight excluding hydrogens is 527 g/mol. The molecule has 0 bridgehead atoms. The summed E-state index contributed by atoms with van der Waals surface area (Å²) in [4.78, 5) is 3.24. The van der Waals surface area contributed by atoms with E-state index in [0.717, 1.165) is 15.9 Å². The van der Waals surface area contributed by atoms with Crippen LogP contribution in [0.25, 0.3) is 10.4 Å². The predicted molar refractivity (Wildman–Crippen MR) is 158 cm³/mol. The quantitative estimate of drug-likeness (QED) is 0.157. The first kappa shape index (κ1) is 27.9. The number of thioether (sulfide) groups is 1. The molecule has 6 atom stereocenters. The van der Waals surface area contributed by atoms with Gasteiger partial charge in [0.25, 0.3) is 8.32 Å². The summed E-state index contributed by atoms with van der Waals surface area (Å²) in [5, 5.41) is 6.31. The van der Waals surface area contributed by atoms with Crippen LogP contribution in [0.3, 0.4) is 0 Å². The van der Waals surface area contributed by atoms with Gasteiger partial charge in [-0.2, -0.15) is 0 Å². The lowest BCUT2D eigenvalue weighted by Crippen LogP contribution is -2.72. The second kappa shape index (κ2) is 11.9. The zero-order valence-corrected chi connectivity index (χ0v) is 24.5. The maximum Gasteiger partial charge on any atom is 0.261 e. The van der Waals surface area contributed by atoms with Crippen LogP contribution in [-0.4, -0.2) is 51.0 Å². The molecule has 3 aromatic rings. The molecule has 0 saturated carbocycles. The van der Waals surface area contributed by atoms with E-state index in [1.54, 1.807) is 0 Å². The minimum Gasteiger partial charge on any atom is -0.401 e. The topological polar surface area (TPSA) is 85.7 Å². The maximum atomic E-state index is 9.65. The van der Waals surface area contributed by atoms with Gasteiger partial charge in [-0.1, -0.05) is 117 Å². The second-order valence-electron chi connectivity index (χ2n) is 10.9. The van der Waals surface area contributed by atoms with E-state index >= 15 is 0 Å². The highest BCUT2D eigenvalue weighted by Crippen LogP contribution is 2.43. The van der Waals surface area contributed by atoms with Crippen LogP contribution in [0.2, 0.25) is 5.04 Å². The highest BCUT2D eigenvalue weighted by molar-refractivity contribution is 7.99. The van der Waals surface area contributed by atoms with Crippen molar-refractivity contribution in [3.8, 4) is 0 Å². The summed E-state index contributed by atoms with van der Waals surface area (Å²) < 4.78 is 26.8. The van der Waals surface area contributed by atoms with Gasteiger partial charge >= 0.3 is 0 Å². The van der Waals surface area contributed by atoms with Gasteiger partial charge in [0, 0.05) is 10.5 Å². The fourth-order valence-electron chi connectivity index (χ4n) is 5.75. The number of fused-ring (bicyclic) bond motifs is 1. The zero-order valence-electron chi connectivity index (χ0n) is 22.7. The van der Waals surface area contributed by atoms with E-state index in [4.69, 9.17) is 18.6 Å². The molecule has 0 spiro atoms. The van der Waals surface area contributed by atoms with Crippen molar-refractivity contribution in [2.24, 2.45) is 5.11 Å². The molecule has 2 fully saturated rings. The van der Waals surface area contributed by atoms with Crippen LogP contribution in [-0.2, 0) is 18.6 Å². The zero-order chi connectivity index (χ0) is 27.5. The normalized spacial score (nSPS) is 27.3. The summed E-state index contributed by atoms with van der Waals surface area (Å²) in [6.45, 7) is 7.07. The van der Waals surface area contributed by atoms with E-state index in [1.807, 2.05) is 48.7 Å². The van der Waals surface area contributed by atoms with E-state index in [1.165, 1.54) is 11.8 Å². The van der Waals surface area contributed by atoms with E-state index in [2.05, 4.69) is 79.3 Å². The van der Waals surface area contributed by atoms with Crippen LogP contribution in [0, 0.1) is 0 Å². The van der Waals surface area contributed by atoms with E-state index < -0.39 is 38.3 Å². The molecule has 2 heterocycles. The van der Waals surface area contributed by atoms with Crippen LogP contribution in [0.5, 0.6) is 0 Å². The Morgan fingerprint density at radius 2 is 1.46 bits per heavy atom. The van der Waals surface area contributed by atoms with Gasteiger partial charge in [-0.15, -0.1) is 11.8 Å². The van der Waals surface area contributed by atoms with E-state index in [9.17, 15) is 5.53 Å². The van der Waals surface area contributed by atoms with E-state index in [-0.39, 0.29) is 11.1 Å². The van der Waals surface area contributed by atoms with Gasteiger partial charge in [-0.3, -0.25) is 0 Å². The Bertz CT molecular complexity index is 1230. The predicted octanol–water partition coefficient (Wildman–Crippen LogP) is 5.81. The summed E-state index contributed by atoms with van der Waals surface area (Å²) in [6, 6.07) is 30.2. The Balaban J connectivity index is 1.66. The summed E-state index contributed by atoms with van der Waals surface area (Å²) in [7, 11) is -3.00. The molecule has 204 valence electrons. The van der Waals surface area contributed by atoms with E-state index in [0.29, 0.717) is 6.61 Å². The molecule has 2 aliphatic rings. The fourth-order valence-corrected chi connectivity index (χ4v) is 11.2. The van der Waals surface area contributed by atoms with Gasteiger partial charge in [0.1, 0.15) is 23.7 Å². The second-order valence-corrected chi connectivity index (χ2v) is 16.1. The lowest BCUT2D eigenvalue weighted by atomic mass is 9.97. The first-order chi connectivity index (χ1) is 18.9. The summed E-state index contributed by atoms with van der Waals surface area (Å²) >= 11 is 1.51. The van der Waals surface area contributed by atoms with Gasteiger partial charge in [-0.05, 0) is 27.2 Å². The molecular formula is C30H35N3O4SSi. The third-order valence-corrected chi connectivity index (χ3v) is 13.4. The molecule has 7 nitrogen and oxygen atoms in total. The Morgan fingerprint density at radius 3 is 1.97 bits per heavy atom. The molecule has 2 aliphatic heterocycles. The third kappa shape index (κ3) is 5.41. The largest absolute Gasteiger partial charge is 0.401 e. The lowest BCUT2D eigenvalue weighted by Gasteiger charge is -2.53. The number of nitrogens with zero attached hydrogens (tertiary/aromatic N) is 3. The highest BCUT2D eigenvalue weighted by Gasteiger charge is 2.57. The van der Waals surface area contributed by atoms with Crippen molar-refractivity contribution in [2.75, 3.05) is 12.9 Å². The molecule has 9 heteroatoms. The molecule has 2 saturated heterocycles. The number of ether oxygens (including phenoxy) is 3. The van der Waals surface area contributed by atoms with Gasteiger partial charge < -0.3 is 18.6 Å². The highest BCUT2D eigenvalue weighted by atomic mass is 32.2. The molecule has 0 aliphatic carbocycles. The van der Waals surface area contributed by atoms with Crippen molar-refractivity contribution in [2.45, 2.75) is 61.9 Å². The van der Waals surface area contributed by atoms with Crippen molar-refractivity contribution >= 4 is 30.5 Å². The minimum atomic E-state index is -3.00. The van der Waals surface area contributed by atoms with Gasteiger partial charge in [-0.25, -0.2) is 0 Å². The van der Waals surface area contributed by atoms with Crippen LogP contribution < -0.4 is 10.4 Å². The number of benzene rings is 3. The van der Waals surface area contributed by atoms with Gasteiger partial charge in [0.15, 0.2) is 6.29 Å². The van der Waals surface area contributed by atoms with Crippen molar-refractivity contribution in [3.63, 3.8) is 0 Å². The van der Waals surface area contributed by atoms with Crippen LogP contribution in [0.15, 0.2) is 96.1 Å². The molecule has 0 aromatic heterocycles. The fraction of sp³-hybridized carbons (Fsp3) is 0.400. The molecule has 0 N–H and O–H groups in total. The number of rotatable bonds is 7. The average Bonchev–Trinajstić information content (AvgIpc) is 2.97. The first-order valence-electron chi connectivity index (χ1n) is 13.2. The van der Waals surface area contributed by atoms with Crippen molar-refractivity contribution in [1.29, 1.82) is 0 Å². The molecule has 39 heavy (non-hydrogen) atoms. The van der Waals surface area contributed by atoms with Crippen LogP contribution in [0.4, 0.5) is 0 Å². The smallest absolute Gasteiger partial charge is 0.261 e. The number of hydrogen-bond acceptors (Lipinski definition) is 6. The summed E-state index contributed by atoms with van der Waals surface area (Å²) in [5.41, 5.74) is 10.2. The van der Waals surface area contributed by atoms with Gasteiger partial charge in [0.05, 0.1) is 12.7 Å². The molecule has 0 amide bonds. The molecule has 5 rings (SSSR count). The maximum absolute atomic E-state index is 9.65. The Hall–Kier alpha value is -2.62. The number of azide groups is 1. The average molecular weight is 562 g/mol. The van der Waals surface area contributed by atoms with Crippen LogP contribution >= 0.6 is 11.8 Å². The van der Waals surface area contributed by atoms with Gasteiger partial charge in [0.2, 0.25) is 0 Å². The molecule has 0 radical (unpaired) electrons. The standard InChI is InChI=1S/C30H35N3O4SSi/c1-30(2,3)39(22-16-10-6-11-17-22,23-18-12-7-13-19-23)37-27-25(32-33-31)29(38-4)35-24-20-34-28(36-26(24)27)21-14-8-5-9-15-21/h5-19,24-29H,20H2,1-4H3/t24?,25?,26-,27+,28?,29-/m0/s1. The molecule has 3 aromatic carbocycles. The Kier molecular flexibility index (Phi) is 8.49.